The summed E-state index contributed by atoms with van der Waals surface area (Å²) in [5, 5.41) is 3.12. The van der Waals surface area contributed by atoms with Crippen molar-refractivity contribution in [3.05, 3.63) is 42.0 Å². The van der Waals surface area contributed by atoms with Gasteiger partial charge in [0, 0.05) is 12.0 Å². The highest BCUT2D eigenvalue weighted by atomic mass is 16.6. The zero-order valence-electron chi connectivity index (χ0n) is 15.1. The van der Waals surface area contributed by atoms with Crippen molar-refractivity contribution in [1.29, 1.82) is 0 Å². The molecule has 1 saturated heterocycles. The average molecular weight is 347 g/mol. The highest BCUT2D eigenvalue weighted by Crippen LogP contribution is 2.31. The van der Waals surface area contributed by atoms with Gasteiger partial charge in [-0.05, 0) is 24.6 Å². The molecular formula is C19H25NO5. The van der Waals surface area contributed by atoms with Gasteiger partial charge in [-0.15, -0.1) is 0 Å². The van der Waals surface area contributed by atoms with Gasteiger partial charge in [0.1, 0.15) is 18.4 Å². The number of carbonyl (C=O) groups excluding carboxylic acids is 2. The second-order valence-electron chi connectivity index (χ2n) is 6.92. The number of rotatable bonds is 7. The van der Waals surface area contributed by atoms with E-state index < -0.39 is 29.5 Å². The van der Waals surface area contributed by atoms with Gasteiger partial charge in [0.2, 0.25) is 6.10 Å². The van der Waals surface area contributed by atoms with Gasteiger partial charge in [0.15, 0.2) is 0 Å². The zero-order chi connectivity index (χ0) is 18.6. The molecular weight excluding hydrogens is 322 g/mol. The Morgan fingerprint density at radius 2 is 2.04 bits per heavy atom. The predicted octanol–water partition coefficient (Wildman–Crippen LogP) is 2.22. The number of carbonyl (C=O) groups is 2. The standard InChI is InChI=1S/C19H25NO5/c1-12(2)15(20-10-13-6-8-14(23-5)9-7-13)17(21)25-16-18(22)24-11-19(16,3)4/h6-9,15-16,20H,1,10-11H2,2-5H3/t15-,16-/m0/s1. The van der Waals surface area contributed by atoms with E-state index in [1.807, 2.05) is 38.1 Å². The first-order valence-electron chi connectivity index (χ1n) is 8.13. The van der Waals surface area contributed by atoms with Crippen molar-refractivity contribution in [2.45, 2.75) is 39.5 Å². The fraction of sp³-hybridized carbons (Fsp3) is 0.474. The third-order valence-electron chi connectivity index (χ3n) is 4.14. The molecule has 2 rings (SSSR count). The van der Waals surface area contributed by atoms with Crippen LogP contribution in [0.3, 0.4) is 0 Å². The van der Waals surface area contributed by atoms with Crippen LogP contribution in [-0.2, 0) is 25.6 Å². The number of ether oxygens (including phenoxy) is 3. The summed E-state index contributed by atoms with van der Waals surface area (Å²) < 4.78 is 15.6. The molecule has 2 atom stereocenters. The number of hydrogen-bond acceptors (Lipinski definition) is 6. The molecule has 1 aliphatic heterocycles. The molecule has 0 spiro atoms. The topological polar surface area (TPSA) is 73.9 Å². The Kier molecular flexibility index (Phi) is 5.85. The van der Waals surface area contributed by atoms with E-state index in [4.69, 9.17) is 14.2 Å². The summed E-state index contributed by atoms with van der Waals surface area (Å²) in [4.78, 5) is 24.3. The monoisotopic (exact) mass is 347 g/mol. The molecule has 1 aliphatic rings. The van der Waals surface area contributed by atoms with Crippen molar-refractivity contribution in [2.75, 3.05) is 13.7 Å². The second kappa shape index (κ2) is 7.70. The Hall–Kier alpha value is -2.34. The van der Waals surface area contributed by atoms with Crippen molar-refractivity contribution in [3.8, 4) is 5.75 Å². The average Bonchev–Trinajstić information content (AvgIpc) is 2.82. The van der Waals surface area contributed by atoms with Gasteiger partial charge in [-0.2, -0.15) is 0 Å². The first-order chi connectivity index (χ1) is 11.7. The minimum absolute atomic E-state index is 0.237. The Bertz CT molecular complexity index is 650. The molecule has 0 unspecified atom stereocenters. The number of esters is 2. The Morgan fingerprint density at radius 1 is 1.40 bits per heavy atom. The van der Waals surface area contributed by atoms with Crippen molar-refractivity contribution < 1.29 is 23.8 Å². The number of cyclic esters (lactones) is 1. The molecule has 1 N–H and O–H groups in total. The zero-order valence-corrected chi connectivity index (χ0v) is 15.1. The third-order valence-corrected chi connectivity index (χ3v) is 4.14. The summed E-state index contributed by atoms with van der Waals surface area (Å²) in [5.41, 5.74) is 1.06. The van der Waals surface area contributed by atoms with E-state index in [-0.39, 0.29) is 6.61 Å². The Morgan fingerprint density at radius 3 is 2.52 bits per heavy atom. The lowest BCUT2D eigenvalue weighted by Crippen LogP contribution is -2.43. The molecule has 136 valence electrons. The SMILES string of the molecule is C=C(C)[C@H](NCc1ccc(OC)cc1)C(=O)O[C@H]1C(=O)OCC1(C)C. The van der Waals surface area contributed by atoms with E-state index in [1.165, 1.54) is 0 Å². The summed E-state index contributed by atoms with van der Waals surface area (Å²) in [6, 6.07) is 6.81. The van der Waals surface area contributed by atoms with Gasteiger partial charge in [-0.25, -0.2) is 9.59 Å². The van der Waals surface area contributed by atoms with E-state index in [0.717, 1.165) is 11.3 Å². The highest BCUT2D eigenvalue weighted by Gasteiger charge is 2.47. The summed E-state index contributed by atoms with van der Waals surface area (Å²) >= 11 is 0. The molecule has 1 aromatic rings. The van der Waals surface area contributed by atoms with Crippen LogP contribution in [0.5, 0.6) is 5.75 Å². The fourth-order valence-electron chi connectivity index (χ4n) is 2.54. The molecule has 6 nitrogen and oxygen atoms in total. The van der Waals surface area contributed by atoms with E-state index in [2.05, 4.69) is 11.9 Å². The van der Waals surface area contributed by atoms with Gasteiger partial charge >= 0.3 is 11.9 Å². The van der Waals surface area contributed by atoms with Crippen LogP contribution in [0.1, 0.15) is 26.3 Å². The molecule has 6 heteroatoms. The maximum atomic E-state index is 12.5. The lowest BCUT2D eigenvalue weighted by molar-refractivity contribution is -0.164. The van der Waals surface area contributed by atoms with Crippen molar-refractivity contribution >= 4 is 11.9 Å². The summed E-state index contributed by atoms with van der Waals surface area (Å²) in [6.45, 7) is 9.94. The lowest BCUT2D eigenvalue weighted by atomic mass is 9.90. The number of benzene rings is 1. The lowest BCUT2D eigenvalue weighted by Gasteiger charge is -2.25. The summed E-state index contributed by atoms with van der Waals surface area (Å²) in [6.07, 6.45) is -0.898. The molecule has 0 amide bonds. The number of methoxy groups -OCH3 is 1. The quantitative estimate of drug-likeness (QED) is 0.602. The third kappa shape index (κ3) is 4.60. The van der Waals surface area contributed by atoms with Crippen LogP contribution in [0.4, 0.5) is 0 Å². The molecule has 0 aromatic heterocycles. The van der Waals surface area contributed by atoms with E-state index in [9.17, 15) is 9.59 Å². The van der Waals surface area contributed by atoms with Gasteiger partial charge in [-0.1, -0.05) is 38.1 Å². The summed E-state index contributed by atoms with van der Waals surface area (Å²) in [7, 11) is 1.61. The van der Waals surface area contributed by atoms with Crippen LogP contribution in [0, 0.1) is 5.41 Å². The number of hydrogen-bond donors (Lipinski definition) is 1. The minimum Gasteiger partial charge on any atom is -0.497 e. The molecule has 1 aromatic carbocycles. The van der Waals surface area contributed by atoms with Crippen LogP contribution in [0.25, 0.3) is 0 Å². The highest BCUT2D eigenvalue weighted by molar-refractivity contribution is 5.85. The van der Waals surface area contributed by atoms with Crippen LogP contribution in [0.2, 0.25) is 0 Å². The molecule has 0 aliphatic carbocycles. The maximum Gasteiger partial charge on any atom is 0.348 e. The van der Waals surface area contributed by atoms with Gasteiger partial charge in [0.05, 0.1) is 7.11 Å². The largest absolute Gasteiger partial charge is 0.497 e. The van der Waals surface area contributed by atoms with E-state index >= 15 is 0 Å². The number of nitrogens with one attached hydrogen (secondary N) is 1. The maximum absolute atomic E-state index is 12.5. The molecule has 25 heavy (non-hydrogen) atoms. The normalized spacial score (nSPS) is 19.8. The van der Waals surface area contributed by atoms with E-state index in [0.29, 0.717) is 12.1 Å². The minimum atomic E-state index is -0.898. The van der Waals surface area contributed by atoms with E-state index in [1.54, 1.807) is 14.0 Å². The fourth-order valence-corrected chi connectivity index (χ4v) is 2.54. The second-order valence-corrected chi connectivity index (χ2v) is 6.92. The predicted molar refractivity (Wildman–Crippen MR) is 93.1 cm³/mol. The van der Waals surface area contributed by atoms with Crippen LogP contribution < -0.4 is 10.1 Å². The van der Waals surface area contributed by atoms with Crippen molar-refractivity contribution in [1.82, 2.24) is 5.32 Å². The van der Waals surface area contributed by atoms with Gasteiger partial charge < -0.3 is 14.2 Å². The first kappa shape index (κ1) is 19.0. The Labute approximate surface area is 148 Å². The molecule has 0 radical (unpaired) electrons. The van der Waals surface area contributed by atoms with Crippen LogP contribution in [0.15, 0.2) is 36.4 Å². The summed E-state index contributed by atoms with van der Waals surface area (Å²) in [5.74, 6) is -0.270. The first-order valence-corrected chi connectivity index (χ1v) is 8.13. The van der Waals surface area contributed by atoms with Crippen molar-refractivity contribution in [3.63, 3.8) is 0 Å². The van der Waals surface area contributed by atoms with Crippen LogP contribution in [-0.4, -0.2) is 37.8 Å². The van der Waals surface area contributed by atoms with Crippen molar-refractivity contribution in [2.24, 2.45) is 5.41 Å². The molecule has 0 bridgehead atoms. The van der Waals surface area contributed by atoms with Gasteiger partial charge in [-0.3, -0.25) is 5.32 Å². The molecule has 0 saturated carbocycles. The smallest absolute Gasteiger partial charge is 0.348 e. The molecule has 1 fully saturated rings. The Balaban J connectivity index is 2.00. The van der Waals surface area contributed by atoms with Gasteiger partial charge in [0.25, 0.3) is 0 Å². The van der Waals surface area contributed by atoms with Crippen LogP contribution >= 0.6 is 0 Å². The molecule has 1 heterocycles.